The molecule has 3 saturated carbocycles. The van der Waals surface area contributed by atoms with Crippen LogP contribution in [0.5, 0.6) is 0 Å². The third kappa shape index (κ3) is 3.36. The molecule has 2 aromatic rings. The second-order valence-corrected chi connectivity index (χ2v) is 9.74. The van der Waals surface area contributed by atoms with Crippen LogP contribution in [0.4, 0.5) is 0 Å². The molecule has 3 aliphatic carbocycles. The normalized spacial score (nSPS) is 27.2. The Morgan fingerprint density at radius 2 is 2.07 bits per heavy atom. The highest BCUT2D eigenvalue weighted by Crippen LogP contribution is 2.49. The van der Waals surface area contributed by atoms with Gasteiger partial charge >= 0.3 is 0 Å². The Kier molecular flexibility index (Phi) is 4.69. The van der Waals surface area contributed by atoms with Crippen LogP contribution in [0.25, 0.3) is 10.9 Å². The molecule has 0 radical (unpaired) electrons. The van der Waals surface area contributed by atoms with E-state index in [0.717, 1.165) is 24.7 Å². The molecule has 3 fully saturated rings. The number of carbonyl (C=O) groups is 1. The van der Waals surface area contributed by atoms with Gasteiger partial charge in [-0.05, 0) is 68.9 Å². The first kappa shape index (κ1) is 18.2. The van der Waals surface area contributed by atoms with Crippen LogP contribution in [0.2, 0.25) is 0 Å². The van der Waals surface area contributed by atoms with Crippen molar-refractivity contribution in [1.29, 1.82) is 0 Å². The molecule has 1 amide bonds. The lowest BCUT2D eigenvalue weighted by Gasteiger charge is -2.28. The number of hydrogen-bond donors (Lipinski definition) is 1. The van der Waals surface area contributed by atoms with Gasteiger partial charge in [0, 0.05) is 12.1 Å². The molecule has 3 aliphatic rings. The van der Waals surface area contributed by atoms with Gasteiger partial charge in [-0.3, -0.25) is 14.2 Å². The van der Waals surface area contributed by atoms with Gasteiger partial charge in [-0.2, -0.15) is 0 Å². The maximum atomic E-state index is 12.9. The van der Waals surface area contributed by atoms with Gasteiger partial charge in [0.25, 0.3) is 5.56 Å². The monoisotopic (exact) mass is 397 g/mol. The summed E-state index contributed by atoms with van der Waals surface area (Å²) < 4.78 is 1.81. The SMILES string of the molecule is CC(NC(=O)CSc1nc2ccccc2c(=O)n1C1CC1)C1CC2CCC1C2. The molecule has 1 aromatic carbocycles. The number of rotatable bonds is 6. The average molecular weight is 398 g/mol. The lowest BCUT2D eigenvalue weighted by Crippen LogP contribution is -2.41. The van der Waals surface area contributed by atoms with Crippen LogP contribution in [0.15, 0.2) is 34.2 Å². The van der Waals surface area contributed by atoms with E-state index in [4.69, 9.17) is 4.98 Å². The minimum atomic E-state index is 0.0198. The minimum absolute atomic E-state index is 0.0198. The van der Waals surface area contributed by atoms with E-state index in [0.29, 0.717) is 27.7 Å². The van der Waals surface area contributed by atoms with E-state index < -0.39 is 0 Å². The van der Waals surface area contributed by atoms with Gasteiger partial charge in [0.05, 0.1) is 16.7 Å². The van der Waals surface area contributed by atoms with Crippen molar-refractivity contribution in [2.24, 2.45) is 17.8 Å². The Morgan fingerprint density at radius 3 is 2.79 bits per heavy atom. The summed E-state index contributed by atoms with van der Waals surface area (Å²) in [6.07, 6.45) is 7.37. The number of amides is 1. The minimum Gasteiger partial charge on any atom is -0.353 e. The number of fused-ring (bicyclic) bond motifs is 3. The maximum Gasteiger partial charge on any atom is 0.262 e. The Hall–Kier alpha value is -1.82. The molecule has 1 heterocycles. The van der Waals surface area contributed by atoms with Gasteiger partial charge in [-0.25, -0.2) is 4.98 Å². The second-order valence-electron chi connectivity index (χ2n) is 8.80. The number of aromatic nitrogens is 2. The molecule has 2 bridgehead atoms. The highest BCUT2D eigenvalue weighted by Gasteiger charge is 2.42. The Labute approximate surface area is 169 Å². The number of thioether (sulfide) groups is 1. The van der Waals surface area contributed by atoms with Crippen molar-refractivity contribution in [2.75, 3.05) is 5.75 Å². The van der Waals surface area contributed by atoms with E-state index in [9.17, 15) is 9.59 Å². The van der Waals surface area contributed by atoms with Crippen LogP contribution in [0.1, 0.15) is 51.5 Å². The number of para-hydroxylation sites is 1. The highest BCUT2D eigenvalue weighted by atomic mass is 32.2. The fraction of sp³-hybridized carbons (Fsp3) is 0.591. The third-order valence-electron chi connectivity index (χ3n) is 6.84. The fourth-order valence-corrected chi connectivity index (χ4v) is 6.20. The molecule has 5 rings (SSSR count). The molecule has 1 aromatic heterocycles. The Balaban J connectivity index is 1.28. The van der Waals surface area contributed by atoms with E-state index in [1.807, 2.05) is 24.3 Å². The summed E-state index contributed by atoms with van der Waals surface area (Å²) in [5.74, 6) is 2.68. The molecular formula is C22H27N3O2S. The van der Waals surface area contributed by atoms with Gasteiger partial charge in [-0.15, -0.1) is 0 Å². The van der Waals surface area contributed by atoms with Crippen molar-refractivity contribution >= 4 is 28.6 Å². The largest absolute Gasteiger partial charge is 0.353 e. The molecule has 0 saturated heterocycles. The van der Waals surface area contributed by atoms with Crippen molar-refractivity contribution in [3.8, 4) is 0 Å². The molecule has 0 spiro atoms. The first-order chi connectivity index (χ1) is 13.6. The standard InChI is InChI=1S/C22H27N3O2S/c1-13(18-11-14-6-7-15(18)10-14)23-20(26)12-28-22-24-19-5-3-2-4-17(19)21(27)25(22)16-8-9-16/h2-5,13-16,18H,6-12H2,1H3,(H,23,26). The Bertz CT molecular complexity index is 968. The number of hydrogen-bond acceptors (Lipinski definition) is 4. The molecule has 5 nitrogen and oxygen atoms in total. The smallest absolute Gasteiger partial charge is 0.262 e. The summed E-state index contributed by atoms with van der Waals surface area (Å²) in [7, 11) is 0. The van der Waals surface area contributed by atoms with Crippen LogP contribution in [-0.4, -0.2) is 27.3 Å². The number of benzene rings is 1. The predicted molar refractivity (Wildman–Crippen MR) is 112 cm³/mol. The molecule has 6 heteroatoms. The lowest BCUT2D eigenvalue weighted by atomic mass is 9.84. The third-order valence-corrected chi connectivity index (χ3v) is 7.80. The zero-order valence-electron chi connectivity index (χ0n) is 16.3. The summed E-state index contributed by atoms with van der Waals surface area (Å²) in [4.78, 5) is 30.2. The summed E-state index contributed by atoms with van der Waals surface area (Å²) >= 11 is 1.39. The molecule has 4 unspecified atom stereocenters. The molecule has 148 valence electrons. The molecule has 1 N–H and O–H groups in total. The van der Waals surface area contributed by atoms with Crippen LogP contribution in [0, 0.1) is 17.8 Å². The Morgan fingerprint density at radius 1 is 1.25 bits per heavy atom. The van der Waals surface area contributed by atoms with Crippen LogP contribution < -0.4 is 10.9 Å². The van der Waals surface area contributed by atoms with Crippen LogP contribution in [0.3, 0.4) is 0 Å². The first-order valence-corrected chi connectivity index (χ1v) is 11.5. The van der Waals surface area contributed by atoms with E-state index in [2.05, 4.69) is 12.2 Å². The van der Waals surface area contributed by atoms with E-state index in [-0.39, 0.29) is 23.6 Å². The topological polar surface area (TPSA) is 64.0 Å². The average Bonchev–Trinajstić information content (AvgIpc) is 3.29. The van der Waals surface area contributed by atoms with E-state index in [1.54, 1.807) is 4.57 Å². The summed E-state index contributed by atoms with van der Waals surface area (Å²) in [6.45, 7) is 2.16. The van der Waals surface area contributed by atoms with Gasteiger partial charge in [0.1, 0.15) is 0 Å². The predicted octanol–water partition coefficient (Wildman–Crippen LogP) is 3.76. The molecule has 28 heavy (non-hydrogen) atoms. The van der Waals surface area contributed by atoms with Crippen molar-refractivity contribution in [1.82, 2.24) is 14.9 Å². The summed E-state index contributed by atoms with van der Waals surface area (Å²) in [5, 5.41) is 4.55. The highest BCUT2D eigenvalue weighted by molar-refractivity contribution is 7.99. The summed E-state index contributed by atoms with van der Waals surface area (Å²) in [6, 6.07) is 7.95. The number of nitrogens with zero attached hydrogens (tertiary/aromatic N) is 2. The second kappa shape index (κ2) is 7.21. The fourth-order valence-electron chi connectivity index (χ4n) is 5.32. The van der Waals surface area contributed by atoms with Gasteiger partial charge < -0.3 is 5.32 Å². The zero-order valence-corrected chi connectivity index (χ0v) is 17.1. The first-order valence-electron chi connectivity index (χ1n) is 10.5. The molecular weight excluding hydrogens is 370 g/mol. The van der Waals surface area contributed by atoms with Crippen molar-refractivity contribution in [3.63, 3.8) is 0 Å². The number of nitrogens with one attached hydrogen (secondary N) is 1. The lowest BCUT2D eigenvalue weighted by molar-refractivity contribution is -0.119. The molecule has 0 aliphatic heterocycles. The number of carbonyl (C=O) groups excluding carboxylic acids is 1. The summed E-state index contributed by atoms with van der Waals surface area (Å²) in [5.41, 5.74) is 0.731. The van der Waals surface area contributed by atoms with Gasteiger partial charge in [-0.1, -0.05) is 30.3 Å². The maximum absolute atomic E-state index is 12.9. The quantitative estimate of drug-likeness (QED) is 0.595. The van der Waals surface area contributed by atoms with E-state index in [1.165, 1.54) is 37.4 Å². The molecule has 4 atom stereocenters. The van der Waals surface area contributed by atoms with Crippen molar-refractivity contribution < 1.29 is 4.79 Å². The zero-order chi connectivity index (χ0) is 19.3. The van der Waals surface area contributed by atoms with Crippen LogP contribution in [-0.2, 0) is 4.79 Å². The van der Waals surface area contributed by atoms with E-state index >= 15 is 0 Å². The van der Waals surface area contributed by atoms with Crippen molar-refractivity contribution in [3.05, 3.63) is 34.6 Å². The van der Waals surface area contributed by atoms with Gasteiger partial charge in [0.2, 0.25) is 5.91 Å². The van der Waals surface area contributed by atoms with Gasteiger partial charge in [0.15, 0.2) is 5.16 Å². The van der Waals surface area contributed by atoms with Crippen LogP contribution >= 0.6 is 11.8 Å². The van der Waals surface area contributed by atoms with Crippen molar-refractivity contribution in [2.45, 2.75) is 62.7 Å².